The summed E-state index contributed by atoms with van der Waals surface area (Å²) in [7, 11) is 3.64. The minimum absolute atomic E-state index is 0.00220. The Balaban J connectivity index is 1.90. The zero-order chi connectivity index (χ0) is 24.1. The Morgan fingerprint density at radius 1 is 0.912 bits per heavy atom. The number of hydrogen-bond donors (Lipinski definition) is 0. The van der Waals surface area contributed by atoms with E-state index in [1.54, 1.807) is 17.0 Å². The third kappa shape index (κ3) is 5.36. The number of nitro groups is 1. The number of amidine groups is 2. The van der Waals surface area contributed by atoms with Gasteiger partial charge < -0.3 is 4.90 Å². The number of thiocarbonyl (C=S) groups is 1. The summed E-state index contributed by atoms with van der Waals surface area (Å²) in [4.78, 5) is 28.6. The highest BCUT2D eigenvalue weighted by Crippen LogP contribution is 2.34. The quantitative estimate of drug-likeness (QED) is 0.262. The van der Waals surface area contributed by atoms with Crippen LogP contribution in [0.3, 0.4) is 0 Å². The molecule has 0 amide bonds. The third-order valence-electron chi connectivity index (χ3n) is 4.65. The number of non-ortho nitro benzene ring substituents is 1. The van der Waals surface area contributed by atoms with Gasteiger partial charge in [-0.25, -0.2) is 9.98 Å². The molecule has 1 aliphatic rings. The van der Waals surface area contributed by atoms with Gasteiger partial charge in [-0.2, -0.15) is 4.99 Å². The van der Waals surface area contributed by atoms with Crippen molar-refractivity contribution in [2.75, 3.05) is 19.0 Å². The predicted molar refractivity (Wildman–Crippen MR) is 144 cm³/mol. The number of para-hydroxylation sites is 2. The number of anilines is 1. The molecule has 1 fully saturated rings. The fourth-order valence-electron chi connectivity index (χ4n) is 2.99. The van der Waals surface area contributed by atoms with Crippen molar-refractivity contribution in [3.8, 4) is 0 Å². The third-order valence-corrected chi connectivity index (χ3v) is 6.03. The topological polar surface area (TPSA) is 86.7 Å². The van der Waals surface area contributed by atoms with Crippen LogP contribution in [0.25, 0.3) is 0 Å². The van der Waals surface area contributed by atoms with Gasteiger partial charge in [0, 0.05) is 26.2 Å². The molecule has 0 atom stereocenters. The van der Waals surface area contributed by atoms with E-state index in [-0.39, 0.29) is 5.69 Å². The van der Waals surface area contributed by atoms with E-state index in [0.717, 1.165) is 11.4 Å². The first-order chi connectivity index (χ1) is 16.4. The van der Waals surface area contributed by atoms with E-state index >= 15 is 0 Å². The highest BCUT2D eigenvalue weighted by Gasteiger charge is 2.35. The number of rotatable bonds is 4. The molecule has 10 heteroatoms. The smallest absolute Gasteiger partial charge is 0.269 e. The van der Waals surface area contributed by atoms with Gasteiger partial charge in [-0.3, -0.25) is 15.0 Å². The van der Waals surface area contributed by atoms with E-state index in [4.69, 9.17) is 22.2 Å². The molecule has 4 rings (SSSR count). The second-order valence-electron chi connectivity index (χ2n) is 7.31. The van der Waals surface area contributed by atoms with E-state index in [0.29, 0.717) is 26.8 Å². The summed E-state index contributed by atoms with van der Waals surface area (Å²) in [5, 5.41) is 12.7. The normalized spacial score (nSPS) is 16.9. The van der Waals surface area contributed by atoms with Crippen LogP contribution >= 0.6 is 24.0 Å². The van der Waals surface area contributed by atoms with Crippen molar-refractivity contribution in [1.29, 1.82) is 0 Å². The Kier molecular flexibility index (Phi) is 7.09. The number of benzene rings is 3. The summed E-state index contributed by atoms with van der Waals surface area (Å²) in [5.41, 5.74) is 2.16. The molecule has 0 aromatic heterocycles. The van der Waals surface area contributed by atoms with Gasteiger partial charge in [0.1, 0.15) is 5.04 Å². The van der Waals surface area contributed by atoms with Crippen LogP contribution < -0.4 is 4.90 Å². The lowest BCUT2D eigenvalue weighted by molar-refractivity contribution is -0.384. The number of nitrogens with zero attached hydrogens (tertiary/aromatic N) is 6. The lowest BCUT2D eigenvalue weighted by Gasteiger charge is -2.19. The molecule has 0 bridgehead atoms. The van der Waals surface area contributed by atoms with Crippen molar-refractivity contribution in [3.63, 3.8) is 0 Å². The summed E-state index contributed by atoms with van der Waals surface area (Å²) in [6.07, 6.45) is 0. The van der Waals surface area contributed by atoms with Crippen molar-refractivity contribution in [1.82, 2.24) is 4.90 Å². The number of hydrogen-bond acceptors (Lipinski definition) is 6. The zero-order valence-corrected chi connectivity index (χ0v) is 20.0. The molecule has 0 aliphatic carbocycles. The van der Waals surface area contributed by atoms with Gasteiger partial charge in [-0.15, -0.1) is 0 Å². The summed E-state index contributed by atoms with van der Waals surface area (Å²) >= 11 is 6.78. The average molecular weight is 489 g/mol. The average Bonchev–Trinajstić information content (AvgIpc) is 3.16. The molecule has 3 aromatic rings. The van der Waals surface area contributed by atoms with Crippen LogP contribution in [0.4, 0.5) is 22.7 Å². The summed E-state index contributed by atoms with van der Waals surface area (Å²) < 4.78 is 0. The highest BCUT2D eigenvalue weighted by molar-refractivity contribution is 8.29. The predicted octanol–water partition coefficient (Wildman–Crippen LogP) is 5.81. The van der Waals surface area contributed by atoms with Crippen molar-refractivity contribution < 1.29 is 4.92 Å². The Morgan fingerprint density at radius 3 is 2.00 bits per heavy atom. The Morgan fingerprint density at radius 2 is 1.47 bits per heavy atom. The van der Waals surface area contributed by atoms with Gasteiger partial charge in [0.25, 0.3) is 5.69 Å². The fraction of sp³-hybridized carbons (Fsp3) is 0.0833. The molecule has 3 aromatic carbocycles. The van der Waals surface area contributed by atoms with E-state index < -0.39 is 4.92 Å². The number of aliphatic imine (C=N–C) groups is 3. The van der Waals surface area contributed by atoms with E-state index in [9.17, 15) is 10.1 Å². The maximum Gasteiger partial charge on any atom is 0.269 e. The minimum atomic E-state index is -0.431. The Hall–Kier alpha value is -3.89. The molecule has 0 spiro atoms. The first kappa shape index (κ1) is 23.3. The SMILES string of the molecule is CN(C)C(=S)N=C1SC(=Nc2ccccc2)C(=Nc2ccccc2)N1c1ccc([N+](=O)[O-])cc1. The molecule has 0 saturated carbocycles. The van der Waals surface area contributed by atoms with Crippen molar-refractivity contribution in [3.05, 3.63) is 95.0 Å². The van der Waals surface area contributed by atoms with Crippen LogP contribution in [0.2, 0.25) is 0 Å². The fourth-order valence-corrected chi connectivity index (χ4v) is 4.10. The van der Waals surface area contributed by atoms with Crippen molar-refractivity contribution in [2.45, 2.75) is 0 Å². The van der Waals surface area contributed by atoms with Crippen LogP contribution in [0.5, 0.6) is 0 Å². The van der Waals surface area contributed by atoms with Crippen molar-refractivity contribution >= 4 is 67.9 Å². The summed E-state index contributed by atoms with van der Waals surface area (Å²) in [6, 6.07) is 25.3. The standard InChI is InChI=1S/C24H20N6O2S2/c1-28(2)23(33)27-24-29(19-13-15-20(16-14-19)30(31)32)21(25-17-9-5-3-6-10-17)22(34-24)26-18-11-7-4-8-12-18/h3-16H,1-2H3. The Labute approximate surface area is 206 Å². The molecule has 1 aliphatic heterocycles. The van der Waals surface area contributed by atoms with Crippen LogP contribution in [0.15, 0.2) is 99.9 Å². The monoisotopic (exact) mass is 488 g/mol. The molecule has 170 valence electrons. The van der Waals surface area contributed by atoms with Crippen LogP contribution in [0, 0.1) is 10.1 Å². The van der Waals surface area contributed by atoms with Gasteiger partial charge >= 0.3 is 0 Å². The Bertz CT molecular complexity index is 1290. The number of nitro benzene ring substituents is 1. The molecular formula is C24H20N6O2S2. The van der Waals surface area contributed by atoms with E-state index in [1.807, 2.05) is 79.7 Å². The molecule has 0 unspecified atom stereocenters. The lowest BCUT2D eigenvalue weighted by Crippen LogP contribution is -2.32. The first-order valence-corrected chi connectivity index (χ1v) is 11.4. The largest absolute Gasteiger partial charge is 0.354 e. The summed E-state index contributed by atoms with van der Waals surface area (Å²) in [6.45, 7) is 0. The van der Waals surface area contributed by atoms with Gasteiger partial charge in [0.15, 0.2) is 16.1 Å². The molecule has 8 nitrogen and oxygen atoms in total. The first-order valence-electron chi connectivity index (χ1n) is 10.2. The molecular weight excluding hydrogens is 468 g/mol. The van der Waals surface area contributed by atoms with Gasteiger partial charge in [-0.1, -0.05) is 36.4 Å². The second-order valence-corrected chi connectivity index (χ2v) is 8.63. The lowest BCUT2D eigenvalue weighted by atomic mass is 10.2. The molecule has 1 saturated heterocycles. The van der Waals surface area contributed by atoms with E-state index in [1.165, 1.54) is 23.9 Å². The van der Waals surface area contributed by atoms with Gasteiger partial charge in [0.05, 0.1) is 22.0 Å². The van der Waals surface area contributed by atoms with Crippen LogP contribution in [-0.4, -0.2) is 45.1 Å². The second kappa shape index (κ2) is 10.4. The maximum atomic E-state index is 11.2. The highest BCUT2D eigenvalue weighted by atomic mass is 32.2. The van der Waals surface area contributed by atoms with Crippen molar-refractivity contribution in [2.24, 2.45) is 15.0 Å². The van der Waals surface area contributed by atoms with Gasteiger partial charge in [-0.05, 0) is 60.4 Å². The van der Waals surface area contributed by atoms with E-state index in [2.05, 4.69) is 4.99 Å². The van der Waals surface area contributed by atoms with Gasteiger partial charge in [0.2, 0.25) is 0 Å². The minimum Gasteiger partial charge on any atom is -0.354 e. The molecule has 1 heterocycles. The molecule has 0 N–H and O–H groups in total. The molecule has 0 radical (unpaired) electrons. The maximum absolute atomic E-state index is 11.2. The summed E-state index contributed by atoms with van der Waals surface area (Å²) in [5.74, 6) is 0.550. The zero-order valence-electron chi connectivity index (χ0n) is 18.4. The van der Waals surface area contributed by atoms with Crippen LogP contribution in [-0.2, 0) is 0 Å². The van der Waals surface area contributed by atoms with Crippen LogP contribution in [0.1, 0.15) is 0 Å². The molecule has 34 heavy (non-hydrogen) atoms. The number of thioether (sulfide) groups is 1.